The molecule has 6 heteroatoms. The van der Waals surface area contributed by atoms with Gasteiger partial charge in [-0.3, -0.25) is 9.69 Å². The van der Waals surface area contributed by atoms with Gasteiger partial charge in [0.2, 0.25) is 0 Å². The molecular formula is C16H22N4O2. The van der Waals surface area contributed by atoms with Crippen LogP contribution in [0.25, 0.3) is 0 Å². The number of amides is 1. The minimum Gasteiger partial charge on any atom is -0.378 e. The average Bonchev–Trinajstić information content (AvgIpc) is 3.38. The zero-order valence-electron chi connectivity index (χ0n) is 13.0. The molecule has 1 aromatic rings. The molecule has 0 bridgehead atoms. The Labute approximate surface area is 130 Å². The molecule has 0 aromatic carbocycles. The molecule has 3 aliphatic rings. The van der Waals surface area contributed by atoms with Gasteiger partial charge in [0.25, 0.3) is 5.91 Å². The number of ether oxygens (including phenoxy) is 1. The van der Waals surface area contributed by atoms with Crippen LogP contribution >= 0.6 is 0 Å². The monoisotopic (exact) mass is 302 g/mol. The molecule has 1 unspecified atom stereocenters. The maximum atomic E-state index is 12.9. The van der Waals surface area contributed by atoms with Gasteiger partial charge in [0.05, 0.1) is 30.5 Å². The summed E-state index contributed by atoms with van der Waals surface area (Å²) in [7, 11) is 0. The second-order valence-corrected chi connectivity index (χ2v) is 6.51. The number of carbonyl (C=O) groups excluding carboxylic acids is 1. The van der Waals surface area contributed by atoms with Crippen molar-refractivity contribution in [2.75, 3.05) is 39.4 Å². The summed E-state index contributed by atoms with van der Waals surface area (Å²) in [4.78, 5) is 26.1. The van der Waals surface area contributed by atoms with E-state index in [0.29, 0.717) is 17.5 Å². The van der Waals surface area contributed by atoms with E-state index >= 15 is 0 Å². The molecule has 1 aromatic heterocycles. The molecule has 3 heterocycles. The van der Waals surface area contributed by atoms with Crippen molar-refractivity contribution in [2.24, 2.45) is 0 Å². The first-order chi connectivity index (χ1) is 10.7. The molecule has 3 fully saturated rings. The lowest BCUT2D eigenvalue weighted by Crippen LogP contribution is -2.59. The van der Waals surface area contributed by atoms with Crippen LogP contribution in [0.3, 0.4) is 0 Å². The first kappa shape index (κ1) is 14.1. The Bertz CT molecular complexity index is 588. The van der Waals surface area contributed by atoms with E-state index in [1.165, 1.54) is 0 Å². The number of carbonyl (C=O) groups is 1. The van der Waals surface area contributed by atoms with Crippen molar-refractivity contribution in [3.05, 3.63) is 23.3 Å². The summed E-state index contributed by atoms with van der Waals surface area (Å²) in [6.07, 6.45) is 4.00. The van der Waals surface area contributed by atoms with Crippen molar-refractivity contribution in [2.45, 2.75) is 31.7 Å². The summed E-state index contributed by atoms with van der Waals surface area (Å²) >= 11 is 0. The Morgan fingerprint density at radius 1 is 1.32 bits per heavy atom. The van der Waals surface area contributed by atoms with E-state index in [0.717, 1.165) is 63.8 Å². The number of morpholine rings is 1. The first-order valence-electron chi connectivity index (χ1n) is 8.17. The number of hydrogen-bond donors (Lipinski definition) is 0. The highest BCUT2D eigenvalue weighted by Gasteiger charge is 2.35. The van der Waals surface area contributed by atoms with Crippen molar-refractivity contribution in [1.82, 2.24) is 19.8 Å². The number of nitrogens with zero attached hydrogens (tertiary/aromatic N) is 4. The standard InChI is InChI=1S/C16H22N4O2/c1-11-17-8-14(15(18-11)12-2-3-12)16(21)20-5-4-19-6-7-22-10-13(19)9-20/h8,12-13H,2-7,9-10H2,1H3. The van der Waals surface area contributed by atoms with Crippen LogP contribution in [0, 0.1) is 6.92 Å². The molecule has 22 heavy (non-hydrogen) atoms. The van der Waals surface area contributed by atoms with E-state index in [2.05, 4.69) is 14.9 Å². The van der Waals surface area contributed by atoms with E-state index in [9.17, 15) is 4.79 Å². The average molecular weight is 302 g/mol. The van der Waals surface area contributed by atoms with Gasteiger partial charge < -0.3 is 9.64 Å². The van der Waals surface area contributed by atoms with Crippen LogP contribution in [-0.2, 0) is 4.74 Å². The Kier molecular flexibility index (Phi) is 3.58. The predicted octanol–water partition coefficient (Wildman–Crippen LogP) is 0.819. The van der Waals surface area contributed by atoms with Crippen LogP contribution in [0.4, 0.5) is 0 Å². The van der Waals surface area contributed by atoms with Gasteiger partial charge in [-0.2, -0.15) is 0 Å². The number of aromatic nitrogens is 2. The van der Waals surface area contributed by atoms with Crippen molar-refractivity contribution < 1.29 is 9.53 Å². The SMILES string of the molecule is Cc1ncc(C(=O)N2CCN3CCOCC3C2)c(C2CC2)n1. The summed E-state index contributed by atoms with van der Waals surface area (Å²) in [6, 6.07) is 0.335. The van der Waals surface area contributed by atoms with Crippen LogP contribution in [0.15, 0.2) is 6.20 Å². The summed E-state index contributed by atoms with van der Waals surface area (Å²) in [5, 5.41) is 0. The van der Waals surface area contributed by atoms with Crippen molar-refractivity contribution in [1.29, 1.82) is 0 Å². The van der Waals surface area contributed by atoms with Crippen LogP contribution in [0.2, 0.25) is 0 Å². The molecule has 1 saturated carbocycles. The van der Waals surface area contributed by atoms with Crippen LogP contribution in [0.5, 0.6) is 0 Å². The van der Waals surface area contributed by atoms with E-state index in [1.807, 2.05) is 11.8 Å². The zero-order chi connectivity index (χ0) is 15.1. The maximum absolute atomic E-state index is 12.9. The molecule has 1 aliphatic carbocycles. The molecule has 0 N–H and O–H groups in total. The van der Waals surface area contributed by atoms with Gasteiger partial charge in [-0.25, -0.2) is 9.97 Å². The number of hydrogen-bond acceptors (Lipinski definition) is 5. The van der Waals surface area contributed by atoms with Gasteiger partial charge in [-0.15, -0.1) is 0 Å². The normalized spacial score (nSPS) is 25.9. The third-order valence-electron chi connectivity index (χ3n) is 4.86. The third kappa shape index (κ3) is 2.61. The van der Waals surface area contributed by atoms with Gasteiger partial charge >= 0.3 is 0 Å². The lowest BCUT2D eigenvalue weighted by molar-refractivity contribution is -0.0395. The second kappa shape index (κ2) is 5.59. The fourth-order valence-electron chi connectivity index (χ4n) is 3.42. The minimum absolute atomic E-state index is 0.0899. The van der Waals surface area contributed by atoms with Crippen LogP contribution < -0.4 is 0 Å². The van der Waals surface area contributed by atoms with Gasteiger partial charge in [0.1, 0.15) is 5.82 Å². The molecule has 2 aliphatic heterocycles. The fourth-order valence-corrected chi connectivity index (χ4v) is 3.42. The Morgan fingerprint density at radius 3 is 3.00 bits per heavy atom. The van der Waals surface area contributed by atoms with E-state index in [1.54, 1.807) is 6.20 Å². The number of rotatable bonds is 2. The highest BCUT2D eigenvalue weighted by Crippen LogP contribution is 2.40. The van der Waals surface area contributed by atoms with Crippen LogP contribution in [0.1, 0.15) is 40.6 Å². The highest BCUT2D eigenvalue weighted by atomic mass is 16.5. The molecule has 0 radical (unpaired) electrons. The number of aryl methyl sites for hydroxylation is 1. The predicted molar refractivity (Wildman–Crippen MR) is 80.8 cm³/mol. The van der Waals surface area contributed by atoms with Crippen molar-refractivity contribution >= 4 is 5.91 Å². The summed E-state index contributed by atoms with van der Waals surface area (Å²) in [6.45, 7) is 6.87. The van der Waals surface area contributed by atoms with Crippen molar-refractivity contribution in [3.8, 4) is 0 Å². The minimum atomic E-state index is 0.0899. The van der Waals surface area contributed by atoms with E-state index < -0.39 is 0 Å². The quantitative estimate of drug-likeness (QED) is 0.809. The van der Waals surface area contributed by atoms with Gasteiger partial charge in [0, 0.05) is 38.3 Å². The molecule has 1 amide bonds. The Morgan fingerprint density at radius 2 is 2.18 bits per heavy atom. The highest BCUT2D eigenvalue weighted by molar-refractivity contribution is 5.95. The summed E-state index contributed by atoms with van der Waals surface area (Å²) in [5.74, 6) is 1.30. The first-order valence-corrected chi connectivity index (χ1v) is 8.17. The molecule has 4 rings (SSSR count). The molecule has 2 saturated heterocycles. The molecule has 118 valence electrons. The van der Waals surface area contributed by atoms with Gasteiger partial charge in [-0.1, -0.05) is 0 Å². The molecule has 1 atom stereocenters. The lowest BCUT2D eigenvalue weighted by atomic mass is 10.1. The van der Waals surface area contributed by atoms with Gasteiger partial charge in [-0.05, 0) is 19.8 Å². The van der Waals surface area contributed by atoms with E-state index in [-0.39, 0.29) is 5.91 Å². The van der Waals surface area contributed by atoms with Crippen LogP contribution in [-0.4, -0.2) is 71.1 Å². The van der Waals surface area contributed by atoms with Crippen molar-refractivity contribution in [3.63, 3.8) is 0 Å². The molecule has 0 spiro atoms. The van der Waals surface area contributed by atoms with Gasteiger partial charge in [0.15, 0.2) is 0 Å². The fraction of sp³-hybridized carbons (Fsp3) is 0.688. The zero-order valence-corrected chi connectivity index (χ0v) is 13.0. The summed E-state index contributed by atoms with van der Waals surface area (Å²) < 4.78 is 5.56. The maximum Gasteiger partial charge on any atom is 0.257 e. The molecule has 6 nitrogen and oxygen atoms in total. The second-order valence-electron chi connectivity index (χ2n) is 6.51. The summed E-state index contributed by atoms with van der Waals surface area (Å²) in [5.41, 5.74) is 1.66. The third-order valence-corrected chi connectivity index (χ3v) is 4.86. The smallest absolute Gasteiger partial charge is 0.257 e. The number of piperazine rings is 1. The Hall–Kier alpha value is -1.53. The van der Waals surface area contributed by atoms with E-state index in [4.69, 9.17) is 4.74 Å². The topological polar surface area (TPSA) is 58.6 Å². The number of fused-ring (bicyclic) bond motifs is 1. The lowest BCUT2D eigenvalue weighted by Gasteiger charge is -2.43. The Balaban J connectivity index is 1.54. The largest absolute Gasteiger partial charge is 0.378 e. The molecular weight excluding hydrogens is 280 g/mol.